The normalized spacial score (nSPS) is 28.6. The second-order valence-corrected chi connectivity index (χ2v) is 5.76. The maximum atomic E-state index is 5.50. The molecule has 0 aromatic heterocycles. The van der Waals surface area contributed by atoms with Crippen LogP contribution in [0.4, 0.5) is 0 Å². The molecule has 2 fully saturated rings. The Morgan fingerprint density at radius 2 is 1.88 bits per heavy atom. The monoisotopic (exact) mass is 240 g/mol. The Bertz CT molecular complexity index is 246. The molecule has 0 unspecified atom stereocenters. The minimum atomic E-state index is 0.765. The topological polar surface area (TPSA) is 6.48 Å². The van der Waals surface area contributed by atoms with Crippen LogP contribution >= 0.6 is 12.2 Å². The summed E-state index contributed by atoms with van der Waals surface area (Å²) in [6, 6.07) is 0.765. The second-order valence-electron chi connectivity index (χ2n) is 5.29. The van der Waals surface area contributed by atoms with Gasteiger partial charge in [-0.05, 0) is 58.2 Å². The molecule has 2 nitrogen and oxygen atoms in total. The number of likely N-dealkylation sites (tertiary alicyclic amines) is 2. The van der Waals surface area contributed by atoms with Crippen molar-refractivity contribution in [1.82, 2.24) is 9.80 Å². The average molecular weight is 240 g/mol. The van der Waals surface area contributed by atoms with Crippen LogP contribution in [-0.2, 0) is 0 Å². The van der Waals surface area contributed by atoms with E-state index in [2.05, 4.69) is 23.8 Å². The molecule has 0 aromatic carbocycles. The Morgan fingerprint density at radius 1 is 1.19 bits per heavy atom. The second kappa shape index (κ2) is 5.46. The molecular weight excluding hydrogens is 216 g/mol. The molecule has 0 saturated carbocycles. The molecule has 2 saturated heterocycles. The van der Waals surface area contributed by atoms with Gasteiger partial charge in [0, 0.05) is 12.6 Å². The maximum Gasteiger partial charge on any atom is 0.0779 e. The van der Waals surface area contributed by atoms with E-state index in [1.54, 1.807) is 0 Å². The number of piperidine rings is 1. The number of hydrogen-bond acceptors (Lipinski definition) is 2. The predicted molar refractivity (Wildman–Crippen MR) is 72.8 cm³/mol. The van der Waals surface area contributed by atoms with Crippen molar-refractivity contribution in [3.05, 3.63) is 0 Å². The molecule has 0 radical (unpaired) electrons. The molecule has 0 N–H and O–H groups in total. The largest absolute Gasteiger partial charge is 0.363 e. The summed E-state index contributed by atoms with van der Waals surface area (Å²) in [6.45, 7) is 5.94. The molecule has 2 aliphatic heterocycles. The standard InChI is InChI=1S/C13H24N2S/c1-3-13(16)15-8-4-5-12(15)11-6-9-14(2)10-7-11/h11-12H,3-10H2,1-2H3/t12-/m0/s1. The van der Waals surface area contributed by atoms with Crippen molar-refractivity contribution in [3.63, 3.8) is 0 Å². The van der Waals surface area contributed by atoms with E-state index in [9.17, 15) is 0 Å². The highest BCUT2D eigenvalue weighted by molar-refractivity contribution is 7.80. The number of hydrogen-bond donors (Lipinski definition) is 0. The molecule has 0 aromatic rings. The van der Waals surface area contributed by atoms with Gasteiger partial charge in [0.2, 0.25) is 0 Å². The minimum absolute atomic E-state index is 0.765. The lowest BCUT2D eigenvalue weighted by molar-refractivity contribution is 0.161. The fraction of sp³-hybridized carbons (Fsp3) is 0.923. The van der Waals surface area contributed by atoms with Crippen molar-refractivity contribution in [2.24, 2.45) is 5.92 Å². The van der Waals surface area contributed by atoms with Crippen LogP contribution in [0.2, 0.25) is 0 Å². The summed E-state index contributed by atoms with van der Waals surface area (Å²) in [5.74, 6) is 0.892. The first-order chi connectivity index (χ1) is 7.72. The lowest BCUT2D eigenvalue weighted by atomic mass is 9.88. The van der Waals surface area contributed by atoms with Gasteiger partial charge in [0.1, 0.15) is 0 Å². The van der Waals surface area contributed by atoms with E-state index in [0.717, 1.165) is 18.4 Å². The van der Waals surface area contributed by atoms with Gasteiger partial charge in [0.15, 0.2) is 0 Å². The summed E-state index contributed by atoms with van der Waals surface area (Å²) in [4.78, 5) is 6.18. The van der Waals surface area contributed by atoms with E-state index < -0.39 is 0 Å². The van der Waals surface area contributed by atoms with Gasteiger partial charge in [-0.3, -0.25) is 0 Å². The van der Waals surface area contributed by atoms with Gasteiger partial charge < -0.3 is 9.80 Å². The summed E-state index contributed by atoms with van der Waals surface area (Å²) in [6.07, 6.45) is 6.48. The molecule has 3 heteroatoms. The Kier molecular flexibility index (Phi) is 4.20. The quantitative estimate of drug-likeness (QED) is 0.685. The van der Waals surface area contributed by atoms with E-state index in [1.165, 1.54) is 50.3 Å². The van der Waals surface area contributed by atoms with Gasteiger partial charge in [-0.25, -0.2) is 0 Å². The number of nitrogens with zero attached hydrogens (tertiary/aromatic N) is 2. The molecule has 0 amide bonds. The third-order valence-electron chi connectivity index (χ3n) is 4.23. The fourth-order valence-electron chi connectivity index (χ4n) is 3.21. The molecule has 2 aliphatic rings. The van der Waals surface area contributed by atoms with Gasteiger partial charge in [0.25, 0.3) is 0 Å². The molecule has 2 rings (SSSR count). The van der Waals surface area contributed by atoms with Crippen molar-refractivity contribution in [3.8, 4) is 0 Å². The van der Waals surface area contributed by atoms with Crippen LogP contribution in [-0.4, -0.2) is 47.5 Å². The highest BCUT2D eigenvalue weighted by atomic mass is 32.1. The lowest BCUT2D eigenvalue weighted by Crippen LogP contribution is -2.43. The van der Waals surface area contributed by atoms with E-state index in [0.29, 0.717) is 0 Å². The van der Waals surface area contributed by atoms with Crippen LogP contribution < -0.4 is 0 Å². The minimum Gasteiger partial charge on any atom is -0.363 e. The van der Waals surface area contributed by atoms with Gasteiger partial charge in [-0.1, -0.05) is 19.1 Å². The van der Waals surface area contributed by atoms with Crippen LogP contribution in [0.3, 0.4) is 0 Å². The number of rotatable bonds is 2. The lowest BCUT2D eigenvalue weighted by Gasteiger charge is -2.37. The first kappa shape index (κ1) is 12.3. The summed E-state index contributed by atoms with van der Waals surface area (Å²) in [7, 11) is 2.24. The third-order valence-corrected chi connectivity index (χ3v) is 4.75. The summed E-state index contributed by atoms with van der Waals surface area (Å²) in [5.41, 5.74) is 0. The third kappa shape index (κ3) is 2.57. The van der Waals surface area contributed by atoms with E-state index in [4.69, 9.17) is 12.2 Å². The maximum absolute atomic E-state index is 5.50. The van der Waals surface area contributed by atoms with Crippen molar-refractivity contribution in [2.75, 3.05) is 26.7 Å². The molecule has 92 valence electrons. The molecule has 16 heavy (non-hydrogen) atoms. The average Bonchev–Trinajstić information content (AvgIpc) is 2.78. The van der Waals surface area contributed by atoms with Gasteiger partial charge in [0.05, 0.1) is 4.99 Å². The van der Waals surface area contributed by atoms with Crippen molar-refractivity contribution >= 4 is 17.2 Å². The number of thiocarbonyl (C=S) groups is 1. The molecule has 0 spiro atoms. The zero-order chi connectivity index (χ0) is 11.5. The van der Waals surface area contributed by atoms with Crippen molar-refractivity contribution < 1.29 is 0 Å². The highest BCUT2D eigenvalue weighted by Crippen LogP contribution is 2.31. The molecule has 0 bridgehead atoms. The Labute approximate surface area is 105 Å². The van der Waals surface area contributed by atoms with Crippen molar-refractivity contribution in [2.45, 2.75) is 45.1 Å². The first-order valence-corrected chi connectivity index (χ1v) is 7.11. The Balaban J connectivity index is 1.94. The first-order valence-electron chi connectivity index (χ1n) is 6.70. The summed E-state index contributed by atoms with van der Waals surface area (Å²) < 4.78 is 0. The van der Waals surface area contributed by atoms with Gasteiger partial charge in [-0.15, -0.1) is 0 Å². The summed E-state index contributed by atoms with van der Waals surface area (Å²) >= 11 is 5.50. The molecule has 1 atom stereocenters. The predicted octanol–water partition coefficient (Wildman–Crippen LogP) is 2.53. The van der Waals surface area contributed by atoms with Crippen LogP contribution in [0.25, 0.3) is 0 Å². The van der Waals surface area contributed by atoms with Crippen LogP contribution in [0.15, 0.2) is 0 Å². The zero-order valence-electron chi connectivity index (χ0n) is 10.6. The fourth-order valence-corrected chi connectivity index (χ4v) is 3.44. The van der Waals surface area contributed by atoms with E-state index >= 15 is 0 Å². The van der Waals surface area contributed by atoms with Crippen LogP contribution in [0.1, 0.15) is 39.0 Å². The molecular formula is C13H24N2S. The van der Waals surface area contributed by atoms with E-state index in [-0.39, 0.29) is 0 Å². The summed E-state index contributed by atoms with van der Waals surface area (Å²) in [5, 5.41) is 0. The van der Waals surface area contributed by atoms with Gasteiger partial charge >= 0.3 is 0 Å². The van der Waals surface area contributed by atoms with Crippen LogP contribution in [0.5, 0.6) is 0 Å². The van der Waals surface area contributed by atoms with Crippen molar-refractivity contribution in [1.29, 1.82) is 0 Å². The smallest absolute Gasteiger partial charge is 0.0779 e. The Morgan fingerprint density at radius 3 is 2.50 bits per heavy atom. The van der Waals surface area contributed by atoms with Crippen LogP contribution in [0, 0.1) is 5.92 Å². The highest BCUT2D eigenvalue weighted by Gasteiger charge is 2.33. The van der Waals surface area contributed by atoms with E-state index in [1.807, 2.05) is 0 Å². The molecule has 2 heterocycles. The zero-order valence-corrected chi connectivity index (χ0v) is 11.4. The SMILES string of the molecule is CCC(=S)N1CCC[C@H]1C1CCN(C)CC1. The Hall–Kier alpha value is -0.150. The van der Waals surface area contributed by atoms with Gasteiger partial charge in [-0.2, -0.15) is 0 Å². The molecule has 0 aliphatic carbocycles.